The minimum Gasteiger partial charge on any atom is -0.507 e. The maximum atomic E-state index is 12.1. The fourth-order valence-corrected chi connectivity index (χ4v) is 3.54. The monoisotopic (exact) mass is 415 g/mol. The van der Waals surface area contributed by atoms with Gasteiger partial charge in [0, 0.05) is 23.7 Å². The predicted molar refractivity (Wildman–Crippen MR) is 123 cm³/mol. The van der Waals surface area contributed by atoms with Gasteiger partial charge in [0.25, 0.3) is 0 Å². The summed E-state index contributed by atoms with van der Waals surface area (Å²) in [5, 5.41) is 14.6. The Bertz CT molecular complexity index is 1210. The van der Waals surface area contributed by atoms with E-state index >= 15 is 0 Å². The average molecular weight is 415 g/mol. The van der Waals surface area contributed by atoms with E-state index in [9.17, 15) is 9.90 Å². The molecule has 5 heteroatoms. The maximum Gasteiger partial charge on any atom is 0.336 e. The fraction of sp³-hybridized carbons (Fsp3) is 0.192. The molecule has 0 radical (unpaired) electrons. The number of nitrogens with one attached hydrogen (secondary N) is 1. The summed E-state index contributed by atoms with van der Waals surface area (Å²) < 4.78 is 11.3. The number of para-hydroxylation sites is 1. The van der Waals surface area contributed by atoms with E-state index in [4.69, 9.17) is 9.15 Å². The standard InChI is InChI=1S/C26H25NO4/c1-2-3-7-18-16-25(29)31-26-22(18)14-15-24(28)23(26)17-27-19-10-12-21(13-11-19)30-20-8-5-4-6-9-20/h4-6,8-16,27-28H,2-3,7,17H2,1H3. The molecule has 1 aromatic heterocycles. The Morgan fingerprint density at radius 1 is 0.968 bits per heavy atom. The molecular weight excluding hydrogens is 390 g/mol. The molecule has 0 saturated heterocycles. The van der Waals surface area contributed by atoms with Gasteiger partial charge in [-0.3, -0.25) is 0 Å². The van der Waals surface area contributed by atoms with Crippen LogP contribution in [0.1, 0.15) is 30.9 Å². The Hall–Kier alpha value is -3.73. The van der Waals surface area contributed by atoms with E-state index in [0.29, 0.717) is 17.7 Å². The first-order chi connectivity index (χ1) is 15.1. The van der Waals surface area contributed by atoms with Gasteiger partial charge in [0.05, 0.1) is 5.56 Å². The number of phenols is 1. The number of fused-ring (bicyclic) bond motifs is 1. The number of benzene rings is 3. The summed E-state index contributed by atoms with van der Waals surface area (Å²) in [6.07, 6.45) is 2.84. The van der Waals surface area contributed by atoms with Crippen LogP contribution in [0, 0.1) is 0 Å². The number of aromatic hydroxyl groups is 1. The van der Waals surface area contributed by atoms with Crippen LogP contribution in [0.2, 0.25) is 0 Å². The van der Waals surface area contributed by atoms with Crippen molar-refractivity contribution in [3.05, 3.63) is 94.3 Å². The number of phenolic OH excluding ortho intramolecular Hbond substituents is 1. The molecule has 0 aliphatic rings. The Morgan fingerprint density at radius 3 is 2.45 bits per heavy atom. The van der Waals surface area contributed by atoms with E-state index in [-0.39, 0.29) is 5.75 Å². The molecule has 2 N–H and O–H groups in total. The van der Waals surface area contributed by atoms with Crippen molar-refractivity contribution >= 4 is 16.7 Å². The predicted octanol–water partition coefficient (Wildman–Crippen LogP) is 6.25. The van der Waals surface area contributed by atoms with Gasteiger partial charge in [0.15, 0.2) is 0 Å². The van der Waals surface area contributed by atoms with Gasteiger partial charge in [0.1, 0.15) is 22.8 Å². The van der Waals surface area contributed by atoms with Crippen molar-refractivity contribution < 1.29 is 14.3 Å². The van der Waals surface area contributed by atoms with Gasteiger partial charge in [-0.1, -0.05) is 31.5 Å². The lowest BCUT2D eigenvalue weighted by Gasteiger charge is -2.13. The van der Waals surface area contributed by atoms with Crippen LogP contribution >= 0.6 is 0 Å². The smallest absolute Gasteiger partial charge is 0.336 e. The van der Waals surface area contributed by atoms with E-state index in [1.54, 1.807) is 12.1 Å². The lowest BCUT2D eigenvalue weighted by Crippen LogP contribution is -2.05. The first kappa shape index (κ1) is 20.5. The number of rotatable bonds is 8. The molecule has 1 heterocycles. The van der Waals surface area contributed by atoms with Gasteiger partial charge >= 0.3 is 5.63 Å². The number of hydrogen-bond donors (Lipinski definition) is 2. The summed E-state index contributed by atoms with van der Waals surface area (Å²) in [4.78, 5) is 12.1. The summed E-state index contributed by atoms with van der Waals surface area (Å²) in [6, 6.07) is 22.2. The molecule has 5 nitrogen and oxygen atoms in total. The molecule has 0 unspecified atom stereocenters. The van der Waals surface area contributed by atoms with Crippen molar-refractivity contribution in [2.45, 2.75) is 32.7 Å². The molecule has 0 atom stereocenters. The number of anilines is 1. The zero-order valence-electron chi connectivity index (χ0n) is 17.4. The number of hydrogen-bond acceptors (Lipinski definition) is 5. The fourth-order valence-electron chi connectivity index (χ4n) is 3.54. The highest BCUT2D eigenvalue weighted by atomic mass is 16.5. The zero-order chi connectivity index (χ0) is 21.6. The molecule has 0 fully saturated rings. The van der Waals surface area contributed by atoms with Crippen molar-refractivity contribution in [1.29, 1.82) is 0 Å². The van der Waals surface area contributed by atoms with Gasteiger partial charge < -0.3 is 19.6 Å². The second-order valence-electron chi connectivity index (χ2n) is 7.43. The summed E-state index contributed by atoms with van der Waals surface area (Å²) in [6.45, 7) is 2.44. The topological polar surface area (TPSA) is 71.7 Å². The van der Waals surface area contributed by atoms with E-state index in [2.05, 4.69) is 12.2 Å². The highest BCUT2D eigenvalue weighted by Gasteiger charge is 2.13. The summed E-state index contributed by atoms with van der Waals surface area (Å²) in [5.41, 5.74) is 2.43. The minimum absolute atomic E-state index is 0.0971. The lowest BCUT2D eigenvalue weighted by molar-refractivity contribution is 0.466. The third-order valence-corrected chi connectivity index (χ3v) is 5.18. The summed E-state index contributed by atoms with van der Waals surface area (Å²) in [5.74, 6) is 1.61. The molecule has 3 aromatic carbocycles. The van der Waals surface area contributed by atoms with Crippen molar-refractivity contribution in [2.24, 2.45) is 0 Å². The second-order valence-corrected chi connectivity index (χ2v) is 7.43. The quantitative estimate of drug-likeness (QED) is 0.333. The van der Waals surface area contributed by atoms with Gasteiger partial charge in [-0.25, -0.2) is 4.79 Å². The molecule has 4 rings (SSSR count). The first-order valence-corrected chi connectivity index (χ1v) is 10.5. The zero-order valence-corrected chi connectivity index (χ0v) is 17.4. The molecule has 0 amide bonds. The van der Waals surface area contributed by atoms with Gasteiger partial charge in [-0.2, -0.15) is 0 Å². The van der Waals surface area contributed by atoms with Gasteiger partial charge in [-0.05, 0) is 66.9 Å². The van der Waals surface area contributed by atoms with Gasteiger partial charge in [0.2, 0.25) is 0 Å². The van der Waals surface area contributed by atoms with Crippen LogP contribution in [0.3, 0.4) is 0 Å². The van der Waals surface area contributed by atoms with E-state index < -0.39 is 5.63 Å². The molecule has 4 aromatic rings. The van der Waals surface area contributed by atoms with Crippen molar-refractivity contribution in [1.82, 2.24) is 0 Å². The summed E-state index contributed by atoms with van der Waals surface area (Å²) >= 11 is 0. The molecule has 0 bridgehead atoms. The van der Waals surface area contributed by atoms with Crippen LogP contribution < -0.4 is 15.7 Å². The average Bonchev–Trinajstić information content (AvgIpc) is 2.78. The van der Waals surface area contributed by atoms with Crippen molar-refractivity contribution in [2.75, 3.05) is 5.32 Å². The van der Waals surface area contributed by atoms with Crippen molar-refractivity contribution in [3.63, 3.8) is 0 Å². The van der Waals surface area contributed by atoms with Crippen LogP contribution in [-0.4, -0.2) is 5.11 Å². The van der Waals surface area contributed by atoms with Crippen LogP contribution in [0.4, 0.5) is 5.69 Å². The highest BCUT2D eigenvalue weighted by Crippen LogP contribution is 2.30. The number of aryl methyl sites for hydroxylation is 1. The Balaban J connectivity index is 1.54. The largest absolute Gasteiger partial charge is 0.507 e. The third-order valence-electron chi connectivity index (χ3n) is 5.18. The van der Waals surface area contributed by atoms with Crippen LogP contribution in [0.15, 0.2) is 82.0 Å². The van der Waals surface area contributed by atoms with Crippen LogP contribution in [0.5, 0.6) is 17.2 Å². The Labute approximate surface area is 180 Å². The Kier molecular flexibility index (Phi) is 6.22. The highest BCUT2D eigenvalue weighted by molar-refractivity contribution is 5.85. The first-order valence-electron chi connectivity index (χ1n) is 10.5. The van der Waals surface area contributed by atoms with Crippen LogP contribution in [0.25, 0.3) is 11.0 Å². The lowest BCUT2D eigenvalue weighted by atomic mass is 10.0. The third kappa shape index (κ3) is 4.89. The van der Waals surface area contributed by atoms with E-state index in [0.717, 1.165) is 47.4 Å². The van der Waals surface area contributed by atoms with E-state index in [1.165, 1.54) is 0 Å². The molecule has 0 spiro atoms. The number of ether oxygens (including phenoxy) is 1. The second kappa shape index (κ2) is 9.39. The number of unbranched alkanes of at least 4 members (excludes halogenated alkanes) is 1. The Morgan fingerprint density at radius 2 is 1.71 bits per heavy atom. The SMILES string of the molecule is CCCCc1cc(=O)oc2c(CNc3ccc(Oc4ccccc4)cc3)c(O)ccc12. The maximum absolute atomic E-state index is 12.1. The summed E-state index contributed by atoms with van der Waals surface area (Å²) in [7, 11) is 0. The molecule has 158 valence electrons. The minimum atomic E-state index is -0.395. The van der Waals surface area contributed by atoms with E-state index in [1.807, 2.05) is 60.7 Å². The normalized spacial score (nSPS) is 10.9. The van der Waals surface area contributed by atoms with Crippen molar-refractivity contribution in [3.8, 4) is 17.2 Å². The molecule has 0 aliphatic heterocycles. The molecule has 0 saturated carbocycles. The molecular formula is C26H25NO4. The van der Waals surface area contributed by atoms with Crippen LogP contribution in [-0.2, 0) is 13.0 Å². The van der Waals surface area contributed by atoms with Gasteiger partial charge in [-0.15, -0.1) is 0 Å². The molecule has 0 aliphatic carbocycles. The molecule has 31 heavy (non-hydrogen) atoms.